The van der Waals surface area contributed by atoms with Crippen molar-refractivity contribution in [3.8, 4) is 0 Å². The number of benzene rings is 2. The first kappa shape index (κ1) is 19.4. The van der Waals surface area contributed by atoms with Crippen LogP contribution < -0.4 is 10.6 Å². The van der Waals surface area contributed by atoms with Gasteiger partial charge in [-0.1, -0.05) is 48.5 Å². The van der Waals surface area contributed by atoms with Gasteiger partial charge in [-0.3, -0.25) is 4.79 Å². The molecule has 0 saturated heterocycles. The molecule has 0 bridgehead atoms. The summed E-state index contributed by atoms with van der Waals surface area (Å²) in [5.74, 6) is -6.19. The Morgan fingerprint density at radius 3 is 2.08 bits per heavy atom. The molecule has 2 atom stereocenters. The molecule has 2 aromatic carbocycles. The minimum absolute atomic E-state index is 0.238. The second-order valence-electron chi connectivity index (χ2n) is 5.70. The topological polar surface area (TPSA) is 67.4 Å². The van der Waals surface area contributed by atoms with Gasteiger partial charge in [-0.25, -0.2) is 4.79 Å². The Kier molecular flexibility index (Phi) is 6.27. The van der Waals surface area contributed by atoms with E-state index in [0.29, 0.717) is 5.69 Å². The number of esters is 1. The lowest BCUT2D eigenvalue weighted by molar-refractivity contribution is -0.153. The van der Waals surface area contributed by atoms with Crippen molar-refractivity contribution in [3.63, 3.8) is 0 Å². The summed E-state index contributed by atoms with van der Waals surface area (Å²) in [5, 5.41) is 4.71. The highest BCUT2D eigenvalue weighted by atomic mass is 19.3. The maximum atomic E-state index is 15.0. The fraction of sp³-hybridized carbons (Fsp3) is 0.263. The number of rotatable bonds is 7. The van der Waals surface area contributed by atoms with E-state index in [2.05, 4.69) is 10.1 Å². The lowest BCUT2D eigenvalue weighted by Gasteiger charge is -2.29. The molecule has 1 unspecified atom stereocenters. The van der Waals surface area contributed by atoms with Gasteiger partial charge in [0.1, 0.15) is 12.1 Å². The van der Waals surface area contributed by atoms with Crippen molar-refractivity contribution in [1.82, 2.24) is 5.32 Å². The highest BCUT2D eigenvalue weighted by Gasteiger charge is 2.49. The molecular formula is C19H20F2N2O3. The maximum Gasteiger partial charge on any atom is 0.348 e. The van der Waals surface area contributed by atoms with E-state index in [1.165, 1.54) is 19.1 Å². The van der Waals surface area contributed by atoms with Gasteiger partial charge in [-0.05, 0) is 24.6 Å². The quantitative estimate of drug-likeness (QED) is 0.743. The summed E-state index contributed by atoms with van der Waals surface area (Å²) in [6, 6.07) is 13.5. The van der Waals surface area contributed by atoms with Crippen LogP contribution in [0.15, 0.2) is 60.7 Å². The van der Waals surface area contributed by atoms with E-state index >= 15 is 0 Å². The summed E-state index contributed by atoms with van der Waals surface area (Å²) in [5.41, 5.74) is 0.678. The van der Waals surface area contributed by atoms with Crippen LogP contribution in [0, 0.1) is 0 Å². The standard InChI is InChI=1S/C19H20F2N2O3/c1-13(17(24)26-2)22-18(25)19(20,21)16(14-9-5-3-6-10-14)23-15-11-7-4-8-12-15/h3-13,16,23H,1-2H3,(H,22,25)/t13-,16?/m1/s1. The number of anilines is 1. The predicted octanol–water partition coefficient (Wildman–Crippen LogP) is 3.15. The fourth-order valence-corrected chi connectivity index (χ4v) is 2.39. The zero-order valence-corrected chi connectivity index (χ0v) is 14.4. The number of methoxy groups -OCH3 is 1. The second-order valence-corrected chi connectivity index (χ2v) is 5.70. The van der Waals surface area contributed by atoms with Gasteiger partial charge in [0.2, 0.25) is 0 Å². The van der Waals surface area contributed by atoms with Gasteiger partial charge < -0.3 is 15.4 Å². The number of hydrogen-bond donors (Lipinski definition) is 2. The van der Waals surface area contributed by atoms with Crippen LogP contribution >= 0.6 is 0 Å². The average molecular weight is 362 g/mol. The number of ether oxygens (including phenoxy) is 1. The molecule has 0 saturated carbocycles. The van der Waals surface area contributed by atoms with Gasteiger partial charge in [-0.15, -0.1) is 0 Å². The molecule has 0 aliphatic rings. The van der Waals surface area contributed by atoms with Crippen molar-refractivity contribution >= 4 is 17.6 Å². The Bertz CT molecular complexity index is 739. The highest BCUT2D eigenvalue weighted by molar-refractivity contribution is 5.89. The van der Waals surface area contributed by atoms with E-state index < -0.39 is 29.9 Å². The van der Waals surface area contributed by atoms with E-state index in [-0.39, 0.29) is 5.56 Å². The minimum atomic E-state index is -3.82. The molecule has 5 nitrogen and oxygen atoms in total. The smallest absolute Gasteiger partial charge is 0.348 e. The Morgan fingerprint density at radius 2 is 1.54 bits per heavy atom. The van der Waals surface area contributed by atoms with Gasteiger partial charge in [0.25, 0.3) is 5.91 Å². The molecule has 0 aliphatic carbocycles. The molecule has 0 fully saturated rings. The summed E-state index contributed by atoms with van der Waals surface area (Å²) < 4.78 is 34.4. The number of para-hydroxylation sites is 1. The first-order valence-electron chi connectivity index (χ1n) is 7.99. The molecular weight excluding hydrogens is 342 g/mol. The van der Waals surface area contributed by atoms with Crippen LogP contribution in [0.3, 0.4) is 0 Å². The Morgan fingerprint density at radius 1 is 1.00 bits per heavy atom. The lowest BCUT2D eigenvalue weighted by Crippen LogP contribution is -2.51. The number of halogens is 2. The fourth-order valence-electron chi connectivity index (χ4n) is 2.39. The number of amides is 1. The SMILES string of the molecule is COC(=O)[C@@H](C)NC(=O)C(F)(F)C(Nc1ccccc1)c1ccccc1. The first-order valence-corrected chi connectivity index (χ1v) is 7.99. The van der Waals surface area contributed by atoms with Crippen LogP contribution in [-0.4, -0.2) is 31.0 Å². The Labute approximate surface area is 150 Å². The van der Waals surface area contributed by atoms with Crippen molar-refractivity contribution in [2.75, 3.05) is 12.4 Å². The van der Waals surface area contributed by atoms with Crippen LogP contribution in [0.2, 0.25) is 0 Å². The molecule has 7 heteroatoms. The van der Waals surface area contributed by atoms with E-state index in [1.807, 2.05) is 5.32 Å². The third-order valence-corrected chi connectivity index (χ3v) is 3.79. The van der Waals surface area contributed by atoms with Crippen LogP contribution in [-0.2, 0) is 14.3 Å². The van der Waals surface area contributed by atoms with Crippen LogP contribution in [0.5, 0.6) is 0 Å². The van der Waals surface area contributed by atoms with Crippen molar-refractivity contribution in [2.45, 2.75) is 24.9 Å². The number of carbonyl (C=O) groups excluding carboxylic acids is 2. The van der Waals surface area contributed by atoms with Crippen molar-refractivity contribution in [1.29, 1.82) is 0 Å². The molecule has 2 aromatic rings. The summed E-state index contributed by atoms with van der Waals surface area (Å²) >= 11 is 0. The zero-order valence-electron chi connectivity index (χ0n) is 14.4. The molecule has 0 aromatic heterocycles. The van der Waals surface area contributed by atoms with Gasteiger partial charge in [0.05, 0.1) is 7.11 Å². The number of carbonyl (C=O) groups is 2. The molecule has 2 rings (SSSR count). The Hall–Kier alpha value is -2.96. The van der Waals surface area contributed by atoms with Crippen molar-refractivity contribution in [2.24, 2.45) is 0 Å². The second kappa shape index (κ2) is 8.42. The largest absolute Gasteiger partial charge is 0.467 e. The van der Waals surface area contributed by atoms with Crippen LogP contribution in [0.1, 0.15) is 18.5 Å². The van der Waals surface area contributed by atoms with Crippen LogP contribution in [0.4, 0.5) is 14.5 Å². The van der Waals surface area contributed by atoms with Crippen molar-refractivity contribution in [3.05, 3.63) is 66.2 Å². The zero-order chi connectivity index (χ0) is 19.2. The summed E-state index contributed by atoms with van der Waals surface area (Å²) in [7, 11) is 1.12. The average Bonchev–Trinajstić information content (AvgIpc) is 2.66. The van der Waals surface area contributed by atoms with E-state index in [9.17, 15) is 18.4 Å². The normalized spacial score (nSPS) is 13.4. The third-order valence-electron chi connectivity index (χ3n) is 3.79. The summed E-state index contributed by atoms with van der Waals surface area (Å²) in [4.78, 5) is 23.6. The third kappa shape index (κ3) is 4.56. The van der Waals surface area contributed by atoms with Gasteiger partial charge in [0, 0.05) is 5.69 Å². The van der Waals surface area contributed by atoms with E-state index in [0.717, 1.165) is 7.11 Å². The summed E-state index contributed by atoms with van der Waals surface area (Å²) in [6.07, 6.45) is 0. The van der Waals surface area contributed by atoms with Gasteiger partial charge in [-0.2, -0.15) is 8.78 Å². The molecule has 0 aliphatic heterocycles. The number of hydrogen-bond acceptors (Lipinski definition) is 4. The molecule has 0 heterocycles. The summed E-state index contributed by atoms with van der Waals surface area (Å²) in [6.45, 7) is 1.28. The van der Waals surface area contributed by atoms with Gasteiger partial charge in [0.15, 0.2) is 0 Å². The molecule has 138 valence electrons. The predicted molar refractivity (Wildman–Crippen MR) is 93.8 cm³/mol. The molecule has 26 heavy (non-hydrogen) atoms. The van der Waals surface area contributed by atoms with E-state index in [4.69, 9.17) is 0 Å². The number of nitrogens with one attached hydrogen (secondary N) is 2. The maximum absolute atomic E-state index is 15.0. The van der Waals surface area contributed by atoms with Crippen molar-refractivity contribution < 1.29 is 23.1 Å². The molecule has 0 spiro atoms. The first-order chi connectivity index (χ1) is 12.4. The Balaban J connectivity index is 2.30. The van der Waals surface area contributed by atoms with E-state index in [1.54, 1.807) is 48.5 Å². The lowest BCUT2D eigenvalue weighted by atomic mass is 9.99. The minimum Gasteiger partial charge on any atom is -0.467 e. The molecule has 2 N–H and O–H groups in total. The number of alkyl halides is 2. The van der Waals surface area contributed by atoms with Gasteiger partial charge >= 0.3 is 11.9 Å². The van der Waals surface area contributed by atoms with Crippen LogP contribution in [0.25, 0.3) is 0 Å². The highest BCUT2D eigenvalue weighted by Crippen LogP contribution is 2.35. The molecule has 1 amide bonds. The molecule has 0 radical (unpaired) electrons. The monoisotopic (exact) mass is 362 g/mol.